The van der Waals surface area contributed by atoms with Crippen molar-refractivity contribution < 1.29 is 8.78 Å². The van der Waals surface area contributed by atoms with Gasteiger partial charge in [0, 0.05) is 12.6 Å². The number of halogens is 2. The van der Waals surface area contributed by atoms with Crippen molar-refractivity contribution in [3.8, 4) is 11.3 Å². The standard InChI is InChI=1S/C13H12F2N2/c1-8-6-7-9(13(15)12(8)14)10-4-3-5-11(16-2)17-10/h3-7H,1-2H3,(H,16,17). The first-order valence-electron chi connectivity index (χ1n) is 5.23. The van der Waals surface area contributed by atoms with Gasteiger partial charge in [-0.2, -0.15) is 0 Å². The molecule has 0 amide bonds. The second-order valence-electron chi connectivity index (χ2n) is 3.72. The molecule has 2 rings (SSSR count). The highest BCUT2D eigenvalue weighted by Gasteiger charge is 2.13. The van der Waals surface area contributed by atoms with Gasteiger partial charge < -0.3 is 5.32 Å². The molecule has 0 radical (unpaired) electrons. The molecule has 4 heteroatoms. The van der Waals surface area contributed by atoms with Gasteiger partial charge >= 0.3 is 0 Å². The maximum Gasteiger partial charge on any atom is 0.168 e. The zero-order chi connectivity index (χ0) is 12.4. The fourth-order valence-corrected chi connectivity index (χ4v) is 1.57. The summed E-state index contributed by atoms with van der Waals surface area (Å²) in [6.07, 6.45) is 0. The van der Waals surface area contributed by atoms with Crippen LogP contribution in [0.25, 0.3) is 11.3 Å². The molecule has 0 atom stereocenters. The Labute approximate surface area is 98.3 Å². The molecule has 17 heavy (non-hydrogen) atoms. The first-order valence-corrected chi connectivity index (χ1v) is 5.23. The van der Waals surface area contributed by atoms with Gasteiger partial charge in [-0.25, -0.2) is 13.8 Å². The minimum atomic E-state index is -0.856. The monoisotopic (exact) mass is 234 g/mol. The van der Waals surface area contributed by atoms with E-state index in [4.69, 9.17) is 0 Å². The van der Waals surface area contributed by atoms with Gasteiger partial charge in [-0.15, -0.1) is 0 Å². The molecule has 1 aromatic heterocycles. The van der Waals surface area contributed by atoms with Gasteiger partial charge in [0.2, 0.25) is 0 Å². The van der Waals surface area contributed by atoms with Gasteiger partial charge in [-0.3, -0.25) is 0 Å². The van der Waals surface area contributed by atoms with Crippen molar-refractivity contribution in [1.82, 2.24) is 4.98 Å². The van der Waals surface area contributed by atoms with E-state index in [1.807, 2.05) is 0 Å². The molecule has 2 aromatic rings. The first kappa shape index (κ1) is 11.5. The Morgan fingerprint density at radius 3 is 2.53 bits per heavy atom. The number of pyridine rings is 1. The summed E-state index contributed by atoms with van der Waals surface area (Å²) in [6.45, 7) is 1.53. The van der Waals surface area contributed by atoms with Crippen molar-refractivity contribution in [2.45, 2.75) is 6.92 Å². The highest BCUT2D eigenvalue weighted by molar-refractivity contribution is 5.62. The number of benzene rings is 1. The lowest BCUT2D eigenvalue weighted by molar-refractivity contribution is 0.505. The van der Waals surface area contributed by atoms with Crippen LogP contribution in [0.1, 0.15) is 5.56 Å². The molecular formula is C13H12F2N2. The van der Waals surface area contributed by atoms with E-state index >= 15 is 0 Å². The van der Waals surface area contributed by atoms with Crippen LogP contribution in [-0.4, -0.2) is 12.0 Å². The lowest BCUT2D eigenvalue weighted by atomic mass is 10.1. The Balaban J connectivity index is 2.56. The van der Waals surface area contributed by atoms with Crippen LogP contribution in [0.15, 0.2) is 30.3 Å². The van der Waals surface area contributed by atoms with E-state index in [2.05, 4.69) is 10.3 Å². The maximum atomic E-state index is 13.7. The molecule has 88 valence electrons. The van der Waals surface area contributed by atoms with E-state index < -0.39 is 11.6 Å². The second kappa shape index (κ2) is 4.49. The zero-order valence-electron chi connectivity index (χ0n) is 9.59. The highest BCUT2D eigenvalue weighted by atomic mass is 19.2. The molecule has 0 aliphatic carbocycles. The zero-order valence-corrected chi connectivity index (χ0v) is 9.59. The van der Waals surface area contributed by atoms with Crippen molar-refractivity contribution in [3.05, 3.63) is 47.5 Å². The number of nitrogens with one attached hydrogen (secondary N) is 1. The van der Waals surface area contributed by atoms with Crippen molar-refractivity contribution >= 4 is 5.82 Å². The number of hydrogen-bond acceptors (Lipinski definition) is 2. The van der Waals surface area contributed by atoms with Crippen molar-refractivity contribution in [2.75, 3.05) is 12.4 Å². The SMILES string of the molecule is CNc1cccc(-c2ccc(C)c(F)c2F)n1. The number of aryl methyl sites for hydroxylation is 1. The summed E-state index contributed by atoms with van der Waals surface area (Å²) in [7, 11) is 1.72. The summed E-state index contributed by atoms with van der Waals surface area (Å²) < 4.78 is 27.2. The molecule has 1 heterocycles. The number of hydrogen-bond donors (Lipinski definition) is 1. The first-order chi connectivity index (χ1) is 8.13. The Kier molecular flexibility index (Phi) is 3.04. The molecule has 0 aliphatic rings. The molecular weight excluding hydrogens is 222 g/mol. The van der Waals surface area contributed by atoms with Gasteiger partial charge in [0.25, 0.3) is 0 Å². The topological polar surface area (TPSA) is 24.9 Å². The molecule has 0 unspecified atom stereocenters. The van der Waals surface area contributed by atoms with Crippen LogP contribution in [0, 0.1) is 18.6 Å². The average Bonchev–Trinajstić information content (AvgIpc) is 2.36. The van der Waals surface area contributed by atoms with Crippen LogP contribution in [-0.2, 0) is 0 Å². The molecule has 0 bridgehead atoms. The van der Waals surface area contributed by atoms with E-state index in [0.717, 1.165) is 0 Å². The van der Waals surface area contributed by atoms with E-state index in [-0.39, 0.29) is 11.1 Å². The minimum Gasteiger partial charge on any atom is -0.373 e. The van der Waals surface area contributed by atoms with E-state index in [9.17, 15) is 8.78 Å². The summed E-state index contributed by atoms with van der Waals surface area (Å²) in [5.41, 5.74) is 0.870. The predicted molar refractivity (Wildman–Crippen MR) is 63.9 cm³/mol. The molecule has 0 fully saturated rings. The van der Waals surface area contributed by atoms with E-state index in [1.54, 1.807) is 31.3 Å². The van der Waals surface area contributed by atoms with Crippen molar-refractivity contribution in [3.63, 3.8) is 0 Å². The largest absolute Gasteiger partial charge is 0.373 e. The van der Waals surface area contributed by atoms with Crippen LogP contribution in [0.3, 0.4) is 0 Å². The van der Waals surface area contributed by atoms with E-state index in [1.165, 1.54) is 13.0 Å². The fraction of sp³-hybridized carbons (Fsp3) is 0.154. The summed E-state index contributed by atoms with van der Waals surface area (Å²) >= 11 is 0. The Morgan fingerprint density at radius 1 is 1.06 bits per heavy atom. The lowest BCUT2D eigenvalue weighted by Crippen LogP contribution is -1.97. The third kappa shape index (κ3) is 2.11. The highest BCUT2D eigenvalue weighted by Crippen LogP contribution is 2.25. The third-order valence-corrected chi connectivity index (χ3v) is 2.56. The minimum absolute atomic E-state index is 0.171. The molecule has 0 aliphatic heterocycles. The molecule has 1 aromatic carbocycles. The Hall–Kier alpha value is -1.97. The van der Waals surface area contributed by atoms with Gasteiger partial charge in [0.1, 0.15) is 5.82 Å². The van der Waals surface area contributed by atoms with Gasteiger partial charge in [0.15, 0.2) is 11.6 Å². The fourth-order valence-electron chi connectivity index (χ4n) is 1.57. The lowest BCUT2D eigenvalue weighted by Gasteiger charge is -2.07. The maximum absolute atomic E-state index is 13.7. The molecule has 0 spiro atoms. The predicted octanol–water partition coefficient (Wildman–Crippen LogP) is 3.38. The summed E-state index contributed by atoms with van der Waals surface area (Å²) in [4.78, 5) is 4.18. The number of nitrogens with zero attached hydrogens (tertiary/aromatic N) is 1. The van der Waals surface area contributed by atoms with Gasteiger partial charge in [-0.05, 0) is 30.7 Å². The van der Waals surface area contributed by atoms with Crippen LogP contribution >= 0.6 is 0 Å². The number of rotatable bonds is 2. The normalized spacial score (nSPS) is 10.4. The Morgan fingerprint density at radius 2 is 1.82 bits per heavy atom. The number of anilines is 1. The molecule has 2 nitrogen and oxygen atoms in total. The van der Waals surface area contributed by atoms with Crippen LogP contribution in [0.5, 0.6) is 0 Å². The van der Waals surface area contributed by atoms with Crippen molar-refractivity contribution in [2.24, 2.45) is 0 Å². The molecule has 0 saturated heterocycles. The third-order valence-electron chi connectivity index (χ3n) is 2.56. The second-order valence-corrected chi connectivity index (χ2v) is 3.72. The molecule has 0 saturated carbocycles. The van der Waals surface area contributed by atoms with E-state index in [0.29, 0.717) is 11.5 Å². The average molecular weight is 234 g/mol. The quantitative estimate of drug-likeness (QED) is 0.861. The van der Waals surface area contributed by atoms with Crippen LogP contribution in [0.2, 0.25) is 0 Å². The summed E-state index contributed by atoms with van der Waals surface area (Å²) in [5, 5.41) is 2.86. The van der Waals surface area contributed by atoms with Crippen molar-refractivity contribution in [1.29, 1.82) is 0 Å². The Bertz CT molecular complexity index is 553. The van der Waals surface area contributed by atoms with Crippen LogP contribution < -0.4 is 5.32 Å². The smallest absolute Gasteiger partial charge is 0.168 e. The summed E-state index contributed by atoms with van der Waals surface area (Å²) in [5.74, 6) is -1.06. The van der Waals surface area contributed by atoms with Gasteiger partial charge in [0.05, 0.1) is 5.69 Å². The number of aromatic nitrogens is 1. The van der Waals surface area contributed by atoms with Crippen LogP contribution in [0.4, 0.5) is 14.6 Å². The molecule has 1 N–H and O–H groups in total. The van der Waals surface area contributed by atoms with Gasteiger partial charge in [-0.1, -0.05) is 12.1 Å². The summed E-state index contributed by atoms with van der Waals surface area (Å²) in [6, 6.07) is 8.22.